The lowest BCUT2D eigenvalue weighted by molar-refractivity contribution is 0.244. The van der Waals surface area contributed by atoms with Gasteiger partial charge < -0.3 is 21.9 Å². The van der Waals surface area contributed by atoms with Gasteiger partial charge in [0.1, 0.15) is 5.76 Å². The van der Waals surface area contributed by atoms with Crippen LogP contribution in [-0.4, -0.2) is 12.6 Å². The SMILES string of the molecule is C=C(/C=C\C(=C)C(C)CCC(C)C(C)CCC(C)N)OCC.C=C/C(N)=C\C(N)=C/C. The van der Waals surface area contributed by atoms with E-state index in [-0.39, 0.29) is 0 Å². The summed E-state index contributed by atoms with van der Waals surface area (Å²) in [5.41, 5.74) is 19.0. The summed E-state index contributed by atoms with van der Waals surface area (Å²) in [4.78, 5) is 0. The lowest BCUT2D eigenvalue weighted by atomic mass is 9.84. The van der Waals surface area contributed by atoms with E-state index in [0.717, 1.165) is 23.8 Å². The topological polar surface area (TPSA) is 87.3 Å². The van der Waals surface area contributed by atoms with E-state index in [1.54, 1.807) is 18.2 Å². The van der Waals surface area contributed by atoms with Crippen molar-refractivity contribution in [1.29, 1.82) is 0 Å². The average molecular weight is 432 g/mol. The van der Waals surface area contributed by atoms with Crippen molar-refractivity contribution in [2.45, 2.75) is 73.3 Å². The van der Waals surface area contributed by atoms with E-state index in [1.165, 1.54) is 19.3 Å². The number of rotatable bonds is 14. The molecule has 4 nitrogen and oxygen atoms in total. The van der Waals surface area contributed by atoms with Gasteiger partial charge in [-0.3, -0.25) is 0 Å². The lowest BCUT2D eigenvalue weighted by Crippen LogP contribution is -2.18. The van der Waals surface area contributed by atoms with E-state index < -0.39 is 0 Å². The number of nitrogens with two attached hydrogens (primary N) is 3. The van der Waals surface area contributed by atoms with Gasteiger partial charge in [-0.1, -0.05) is 58.2 Å². The highest BCUT2D eigenvalue weighted by atomic mass is 16.5. The summed E-state index contributed by atoms with van der Waals surface area (Å²) in [6, 6.07) is 0.317. The largest absolute Gasteiger partial charge is 0.495 e. The molecule has 0 radical (unpaired) electrons. The second-order valence-corrected chi connectivity index (χ2v) is 8.43. The number of hydrogen-bond acceptors (Lipinski definition) is 4. The summed E-state index contributed by atoms with van der Waals surface area (Å²) in [5, 5.41) is 0. The Morgan fingerprint density at radius 2 is 1.45 bits per heavy atom. The normalized spacial score (nSPS) is 16.0. The number of ether oxygens (including phenoxy) is 1. The van der Waals surface area contributed by atoms with Gasteiger partial charge in [0.05, 0.1) is 6.61 Å². The molecule has 0 rings (SSSR count). The molecular weight excluding hydrogens is 382 g/mol. The number of hydrogen-bond donors (Lipinski definition) is 3. The van der Waals surface area contributed by atoms with Gasteiger partial charge in [-0.15, -0.1) is 0 Å². The summed E-state index contributed by atoms with van der Waals surface area (Å²) in [6.07, 6.45) is 13.7. The van der Waals surface area contributed by atoms with Crippen molar-refractivity contribution < 1.29 is 4.74 Å². The van der Waals surface area contributed by atoms with Crippen molar-refractivity contribution in [3.8, 4) is 0 Å². The molecule has 4 heteroatoms. The molecule has 0 heterocycles. The van der Waals surface area contributed by atoms with Gasteiger partial charge in [0.2, 0.25) is 0 Å². The van der Waals surface area contributed by atoms with Crippen molar-refractivity contribution >= 4 is 0 Å². The van der Waals surface area contributed by atoms with Crippen LogP contribution in [0.1, 0.15) is 67.2 Å². The van der Waals surface area contributed by atoms with E-state index in [4.69, 9.17) is 21.9 Å². The van der Waals surface area contributed by atoms with Crippen LogP contribution >= 0.6 is 0 Å². The van der Waals surface area contributed by atoms with Crippen LogP contribution < -0.4 is 17.2 Å². The molecule has 0 amide bonds. The first kappa shape index (κ1) is 31.0. The third kappa shape index (κ3) is 18.3. The third-order valence-corrected chi connectivity index (χ3v) is 5.45. The standard InChI is InChI=1S/C20H37NO.C7H12N2/c1-8-22-20(7)14-12-18(5)16(3)10-9-15(2)17(4)11-13-19(6)21;1-3-6(8)5-7(9)4-2/h12,14-17,19H,5,7-11,13,21H2,1-4,6H3;3-5H,1,8-9H2,2H3/b14-12-;6-5+,7-4+. The Labute approximate surface area is 192 Å². The highest BCUT2D eigenvalue weighted by molar-refractivity contribution is 5.24. The fraction of sp³-hybridized carbons (Fsp3) is 0.556. The molecule has 4 atom stereocenters. The zero-order chi connectivity index (χ0) is 24.4. The lowest BCUT2D eigenvalue weighted by Gasteiger charge is -2.22. The molecule has 0 aliphatic rings. The zero-order valence-corrected chi connectivity index (χ0v) is 21.0. The van der Waals surface area contributed by atoms with Crippen molar-refractivity contribution in [2.24, 2.45) is 35.0 Å². The van der Waals surface area contributed by atoms with Crippen LogP contribution in [0.4, 0.5) is 0 Å². The van der Waals surface area contributed by atoms with Gasteiger partial charge in [-0.05, 0) is 82.4 Å². The predicted octanol–water partition coefficient (Wildman–Crippen LogP) is 6.34. The van der Waals surface area contributed by atoms with Crippen molar-refractivity contribution in [1.82, 2.24) is 0 Å². The maximum atomic E-state index is 5.85. The Bertz CT molecular complexity index is 614. The molecule has 4 unspecified atom stereocenters. The molecule has 0 aromatic heterocycles. The molecule has 0 aromatic carbocycles. The van der Waals surface area contributed by atoms with Crippen LogP contribution in [0.25, 0.3) is 0 Å². The summed E-state index contributed by atoms with van der Waals surface area (Å²) < 4.78 is 5.32. The van der Waals surface area contributed by atoms with Crippen LogP contribution in [0, 0.1) is 17.8 Å². The van der Waals surface area contributed by atoms with E-state index in [9.17, 15) is 0 Å². The first-order valence-corrected chi connectivity index (χ1v) is 11.4. The Morgan fingerprint density at radius 3 is 1.90 bits per heavy atom. The first-order valence-electron chi connectivity index (χ1n) is 11.4. The summed E-state index contributed by atoms with van der Waals surface area (Å²) in [5.74, 6) is 2.67. The molecule has 0 saturated heterocycles. The van der Waals surface area contributed by atoms with Gasteiger partial charge in [-0.2, -0.15) is 0 Å². The third-order valence-electron chi connectivity index (χ3n) is 5.45. The molecule has 178 valence electrons. The van der Waals surface area contributed by atoms with Crippen molar-refractivity contribution in [3.05, 3.63) is 72.8 Å². The Hall–Kier alpha value is -2.20. The molecule has 0 aromatic rings. The minimum absolute atomic E-state index is 0.317. The molecular formula is C27H49N3O. The fourth-order valence-corrected chi connectivity index (χ4v) is 2.73. The smallest absolute Gasteiger partial charge is 0.112 e. The summed E-state index contributed by atoms with van der Waals surface area (Å²) >= 11 is 0. The Kier molecular flexibility index (Phi) is 18.6. The minimum Gasteiger partial charge on any atom is -0.495 e. The molecule has 0 saturated carbocycles. The van der Waals surface area contributed by atoms with Crippen LogP contribution in [0.5, 0.6) is 0 Å². The van der Waals surface area contributed by atoms with Crippen LogP contribution in [0.2, 0.25) is 0 Å². The molecule has 6 N–H and O–H groups in total. The molecule has 31 heavy (non-hydrogen) atoms. The average Bonchev–Trinajstić information content (AvgIpc) is 2.73. The van der Waals surface area contributed by atoms with Crippen LogP contribution in [0.3, 0.4) is 0 Å². The predicted molar refractivity (Wildman–Crippen MR) is 139 cm³/mol. The van der Waals surface area contributed by atoms with E-state index in [2.05, 4.69) is 47.4 Å². The monoisotopic (exact) mass is 431 g/mol. The van der Waals surface area contributed by atoms with E-state index in [0.29, 0.717) is 35.7 Å². The van der Waals surface area contributed by atoms with Gasteiger partial charge in [0.25, 0.3) is 0 Å². The Balaban J connectivity index is 0. The van der Waals surface area contributed by atoms with Crippen LogP contribution in [0.15, 0.2) is 72.8 Å². The van der Waals surface area contributed by atoms with Crippen LogP contribution in [-0.2, 0) is 4.74 Å². The fourth-order valence-electron chi connectivity index (χ4n) is 2.73. The summed E-state index contributed by atoms with van der Waals surface area (Å²) in [6.45, 7) is 25.0. The molecule has 0 aliphatic carbocycles. The zero-order valence-electron chi connectivity index (χ0n) is 21.0. The molecule has 0 spiro atoms. The molecule has 0 aliphatic heterocycles. The van der Waals surface area contributed by atoms with Gasteiger partial charge >= 0.3 is 0 Å². The minimum atomic E-state index is 0.317. The van der Waals surface area contributed by atoms with Gasteiger partial charge in [-0.25, -0.2) is 0 Å². The van der Waals surface area contributed by atoms with E-state index >= 15 is 0 Å². The maximum absolute atomic E-state index is 5.85. The maximum Gasteiger partial charge on any atom is 0.112 e. The van der Waals surface area contributed by atoms with Gasteiger partial charge in [0, 0.05) is 17.4 Å². The second kappa shape index (κ2) is 18.6. The second-order valence-electron chi connectivity index (χ2n) is 8.43. The van der Waals surface area contributed by atoms with Crippen molar-refractivity contribution in [3.63, 3.8) is 0 Å². The Morgan fingerprint density at radius 1 is 0.903 bits per heavy atom. The van der Waals surface area contributed by atoms with E-state index in [1.807, 2.05) is 26.0 Å². The first-order chi connectivity index (χ1) is 14.5. The number of allylic oxidation sites excluding steroid dienone is 6. The molecule has 0 bridgehead atoms. The highest BCUT2D eigenvalue weighted by Gasteiger charge is 2.14. The van der Waals surface area contributed by atoms with Gasteiger partial charge in [0.15, 0.2) is 0 Å². The van der Waals surface area contributed by atoms with Crippen molar-refractivity contribution in [2.75, 3.05) is 6.61 Å². The quantitative estimate of drug-likeness (QED) is 0.221. The summed E-state index contributed by atoms with van der Waals surface area (Å²) in [7, 11) is 0. The molecule has 0 fully saturated rings. The highest BCUT2D eigenvalue weighted by Crippen LogP contribution is 2.26.